The van der Waals surface area contributed by atoms with Crippen molar-refractivity contribution in [1.29, 1.82) is 0 Å². The molecule has 2 N–H and O–H groups in total. The number of hydrogen-bond acceptors (Lipinski definition) is 2. The van der Waals surface area contributed by atoms with Gasteiger partial charge in [-0.1, -0.05) is 36.8 Å². The van der Waals surface area contributed by atoms with Crippen molar-refractivity contribution in [3.8, 4) is 0 Å². The molecule has 1 aromatic carbocycles. The first-order valence-corrected chi connectivity index (χ1v) is 6.54. The molecule has 1 aromatic rings. The molecule has 1 aliphatic rings. The zero-order valence-electron chi connectivity index (χ0n) is 11.1. The maximum absolute atomic E-state index is 11.1. The van der Waals surface area contributed by atoms with E-state index < -0.39 is 11.7 Å². The van der Waals surface area contributed by atoms with E-state index in [2.05, 4.69) is 12.1 Å². The zero-order chi connectivity index (χ0) is 13.2. The van der Waals surface area contributed by atoms with Gasteiger partial charge in [-0.15, -0.1) is 0 Å². The lowest BCUT2D eigenvalue weighted by Crippen LogP contribution is -2.42. The van der Waals surface area contributed by atoms with E-state index in [-0.39, 0.29) is 5.92 Å². The van der Waals surface area contributed by atoms with Gasteiger partial charge in [-0.05, 0) is 38.2 Å². The number of carbonyl (C=O) groups is 1. The molecule has 0 aliphatic heterocycles. The van der Waals surface area contributed by atoms with E-state index in [1.165, 1.54) is 24.8 Å². The molecule has 1 atom stereocenters. The number of benzene rings is 1. The molecule has 1 saturated carbocycles. The van der Waals surface area contributed by atoms with E-state index >= 15 is 0 Å². The summed E-state index contributed by atoms with van der Waals surface area (Å²) in [6.45, 7) is 3.90. The van der Waals surface area contributed by atoms with Crippen LogP contribution in [0.5, 0.6) is 0 Å². The van der Waals surface area contributed by atoms with Gasteiger partial charge >= 0.3 is 6.09 Å². The van der Waals surface area contributed by atoms with E-state index in [1.807, 2.05) is 32.0 Å². The molecule has 0 spiro atoms. The van der Waals surface area contributed by atoms with Crippen molar-refractivity contribution in [1.82, 2.24) is 0 Å². The summed E-state index contributed by atoms with van der Waals surface area (Å²) in [6.07, 6.45) is 2.97. The molecule has 1 aliphatic carbocycles. The van der Waals surface area contributed by atoms with Crippen LogP contribution in [-0.4, -0.2) is 11.7 Å². The Morgan fingerprint density at radius 3 is 2.39 bits per heavy atom. The second-order valence-electron chi connectivity index (χ2n) is 5.60. The second kappa shape index (κ2) is 5.01. The van der Waals surface area contributed by atoms with Gasteiger partial charge < -0.3 is 10.5 Å². The van der Waals surface area contributed by atoms with Crippen LogP contribution in [0.25, 0.3) is 0 Å². The highest BCUT2D eigenvalue weighted by Crippen LogP contribution is 2.46. The largest absolute Gasteiger partial charge is 0.443 e. The molecule has 2 rings (SSSR count). The lowest BCUT2D eigenvalue weighted by Gasteiger charge is -2.42. The number of rotatable bonds is 4. The lowest BCUT2D eigenvalue weighted by atomic mass is 9.67. The van der Waals surface area contributed by atoms with E-state index in [1.54, 1.807) is 0 Å². The van der Waals surface area contributed by atoms with Crippen LogP contribution >= 0.6 is 0 Å². The summed E-state index contributed by atoms with van der Waals surface area (Å²) in [5.74, 6) is 0.807. The third kappa shape index (κ3) is 2.66. The minimum absolute atomic E-state index is 0.222. The number of primary amides is 1. The third-order valence-corrected chi connectivity index (χ3v) is 3.89. The van der Waals surface area contributed by atoms with Crippen LogP contribution in [0, 0.1) is 5.92 Å². The Kier molecular flexibility index (Phi) is 3.60. The normalized spacial score (nSPS) is 17.9. The van der Waals surface area contributed by atoms with Crippen LogP contribution in [0.15, 0.2) is 30.3 Å². The van der Waals surface area contributed by atoms with E-state index in [0.29, 0.717) is 5.92 Å². The summed E-state index contributed by atoms with van der Waals surface area (Å²) in [6, 6.07) is 10.3. The molecule has 0 radical (unpaired) electrons. The fourth-order valence-corrected chi connectivity index (χ4v) is 3.00. The van der Waals surface area contributed by atoms with Crippen molar-refractivity contribution >= 4 is 6.09 Å². The standard InChI is InChI=1S/C15H21NO2/c1-15(2,18-14(16)17)13(12-9-6-10-12)11-7-4-3-5-8-11/h3-5,7-8,12-13H,6,9-10H2,1-2H3,(H2,16,17). The summed E-state index contributed by atoms with van der Waals surface area (Å²) < 4.78 is 5.35. The first-order valence-electron chi connectivity index (χ1n) is 6.54. The maximum atomic E-state index is 11.1. The molecular weight excluding hydrogens is 226 g/mol. The highest BCUT2D eigenvalue weighted by atomic mass is 16.6. The van der Waals surface area contributed by atoms with Crippen molar-refractivity contribution in [3.05, 3.63) is 35.9 Å². The molecular formula is C15H21NO2. The number of nitrogens with two attached hydrogens (primary N) is 1. The summed E-state index contributed by atoms with van der Waals surface area (Å²) in [4.78, 5) is 11.1. The average molecular weight is 247 g/mol. The van der Waals surface area contributed by atoms with Gasteiger partial charge in [-0.2, -0.15) is 0 Å². The molecule has 0 bridgehead atoms. The van der Waals surface area contributed by atoms with Crippen LogP contribution in [-0.2, 0) is 4.74 Å². The molecule has 0 saturated heterocycles. The lowest BCUT2D eigenvalue weighted by molar-refractivity contribution is -0.00535. The van der Waals surface area contributed by atoms with Crippen LogP contribution in [0.3, 0.4) is 0 Å². The van der Waals surface area contributed by atoms with Gasteiger partial charge in [0.2, 0.25) is 0 Å². The summed E-state index contributed by atoms with van der Waals surface area (Å²) >= 11 is 0. The second-order valence-corrected chi connectivity index (χ2v) is 5.60. The molecule has 0 aromatic heterocycles. The average Bonchev–Trinajstić information content (AvgIpc) is 2.22. The molecule has 98 valence electrons. The molecule has 18 heavy (non-hydrogen) atoms. The van der Waals surface area contributed by atoms with E-state index in [0.717, 1.165) is 0 Å². The van der Waals surface area contributed by atoms with Crippen LogP contribution in [0.4, 0.5) is 4.79 Å². The fourth-order valence-electron chi connectivity index (χ4n) is 3.00. The topological polar surface area (TPSA) is 52.3 Å². The Balaban J connectivity index is 2.27. The molecule has 1 unspecified atom stereocenters. The van der Waals surface area contributed by atoms with Crippen molar-refractivity contribution in [2.45, 2.75) is 44.6 Å². The highest BCUT2D eigenvalue weighted by molar-refractivity contribution is 5.65. The van der Waals surface area contributed by atoms with Crippen molar-refractivity contribution in [2.24, 2.45) is 11.7 Å². The monoisotopic (exact) mass is 247 g/mol. The van der Waals surface area contributed by atoms with Gasteiger partial charge in [0.1, 0.15) is 5.60 Å². The first kappa shape index (κ1) is 12.9. The SMILES string of the molecule is CC(C)(OC(N)=O)C(c1ccccc1)C1CCC1. The third-order valence-electron chi connectivity index (χ3n) is 3.89. The predicted molar refractivity (Wildman–Crippen MR) is 71.3 cm³/mol. The van der Waals surface area contributed by atoms with E-state index in [9.17, 15) is 4.79 Å². The number of hydrogen-bond donors (Lipinski definition) is 1. The highest BCUT2D eigenvalue weighted by Gasteiger charge is 2.41. The van der Waals surface area contributed by atoms with Crippen molar-refractivity contribution in [3.63, 3.8) is 0 Å². The molecule has 1 amide bonds. The Morgan fingerprint density at radius 1 is 1.33 bits per heavy atom. The number of carbonyl (C=O) groups excluding carboxylic acids is 1. The smallest absolute Gasteiger partial charge is 0.405 e. The molecule has 3 heteroatoms. The quantitative estimate of drug-likeness (QED) is 0.886. The molecule has 1 fully saturated rings. The molecule has 3 nitrogen and oxygen atoms in total. The summed E-state index contributed by atoms with van der Waals surface area (Å²) in [5, 5.41) is 0. The zero-order valence-corrected chi connectivity index (χ0v) is 11.1. The van der Waals surface area contributed by atoms with Gasteiger partial charge in [-0.3, -0.25) is 0 Å². The van der Waals surface area contributed by atoms with Crippen LogP contribution < -0.4 is 5.73 Å². The Labute approximate surface area is 108 Å². The van der Waals surface area contributed by atoms with Crippen LogP contribution in [0.1, 0.15) is 44.6 Å². The minimum Gasteiger partial charge on any atom is -0.443 e. The minimum atomic E-state index is -0.694. The Bertz CT molecular complexity index is 410. The molecule has 0 heterocycles. The summed E-state index contributed by atoms with van der Waals surface area (Å²) in [7, 11) is 0. The summed E-state index contributed by atoms with van der Waals surface area (Å²) in [5.41, 5.74) is 5.87. The predicted octanol–water partition coefficient (Wildman–Crippen LogP) is 3.44. The Morgan fingerprint density at radius 2 is 1.94 bits per heavy atom. The van der Waals surface area contributed by atoms with Gasteiger partial charge in [0, 0.05) is 5.92 Å². The van der Waals surface area contributed by atoms with Gasteiger partial charge in [0.15, 0.2) is 0 Å². The number of ether oxygens (including phenoxy) is 1. The fraction of sp³-hybridized carbons (Fsp3) is 0.533. The van der Waals surface area contributed by atoms with Gasteiger partial charge in [0.25, 0.3) is 0 Å². The Hall–Kier alpha value is -1.51. The van der Waals surface area contributed by atoms with E-state index in [4.69, 9.17) is 10.5 Å². The van der Waals surface area contributed by atoms with Crippen molar-refractivity contribution < 1.29 is 9.53 Å². The van der Waals surface area contributed by atoms with Crippen molar-refractivity contribution in [2.75, 3.05) is 0 Å². The first-order chi connectivity index (χ1) is 8.50. The van der Waals surface area contributed by atoms with Gasteiger partial charge in [-0.25, -0.2) is 4.79 Å². The maximum Gasteiger partial charge on any atom is 0.405 e. The van der Waals surface area contributed by atoms with Gasteiger partial charge in [0.05, 0.1) is 0 Å². The number of amides is 1. The van der Waals surface area contributed by atoms with Crippen LogP contribution in [0.2, 0.25) is 0 Å².